The Bertz CT molecular complexity index is 792. The largest absolute Gasteiger partial charge is 0.383 e. The molecule has 1 aliphatic heterocycles. The lowest BCUT2D eigenvalue weighted by atomic mass is 10.0. The third-order valence-corrected chi connectivity index (χ3v) is 5.57. The van der Waals surface area contributed by atoms with E-state index in [9.17, 15) is 10.2 Å². The van der Waals surface area contributed by atoms with Gasteiger partial charge in [-0.25, -0.2) is 15.0 Å². The van der Waals surface area contributed by atoms with Crippen LogP contribution in [0.25, 0.3) is 11.2 Å². The minimum absolute atomic E-state index is 0.260. The van der Waals surface area contributed by atoms with Crippen LogP contribution in [0.5, 0.6) is 0 Å². The second kappa shape index (κ2) is 4.18. The summed E-state index contributed by atoms with van der Waals surface area (Å²) in [5.74, 6) is 0.260. The van der Waals surface area contributed by atoms with Crippen LogP contribution in [0, 0.1) is 5.41 Å². The molecule has 4 atom stereocenters. The fraction of sp³-hybridized carbons (Fsp3) is 0.643. The van der Waals surface area contributed by atoms with E-state index in [-0.39, 0.29) is 5.82 Å². The van der Waals surface area contributed by atoms with Crippen molar-refractivity contribution in [2.24, 2.45) is 5.41 Å². The number of likely N-dealkylation sites (N-methyl/N-ethyl adjacent to an activating group) is 1. The van der Waals surface area contributed by atoms with E-state index in [1.807, 2.05) is 13.8 Å². The molecule has 0 spiro atoms. The van der Waals surface area contributed by atoms with Crippen LogP contribution >= 0.6 is 0 Å². The van der Waals surface area contributed by atoms with Gasteiger partial charge in [-0.3, -0.25) is 4.57 Å². The second-order valence-corrected chi connectivity index (χ2v) is 6.78. The quantitative estimate of drug-likeness (QED) is 0.568. The minimum Gasteiger partial charge on any atom is -0.383 e. The molecule has 0 amide bonds. The van der Waals surface area contributed by atoms with Gasteiger partial charge in [-0.2, -0.15) is 0 Å². The molecule has 23 heavy (non-hydrogen) atoms. The van der Waals surface area contributed by atoms with Crippen molar-refractivity contribution in [3.8, 4) is 0 Å². The maximum atomic E-state index is 11.2. The highest BCUT2D eigenvalue weighted by molar-refractivity contribution is 5.81. The molecule has 9 nitrogen and oxygen atoms in total. The van der Waals surface area contributed by atoms with Crippen LogP contribution < -0.4 is 11.1 Å². The van der Waals surface area contributed by atoms with Crippen molar-refractivity contribution < 1.29 is 14.9 Å². The summed E-state index contributed by atoms with van der Waals surface area (Å²) >= 11 is 0. The van der Waals surface area contributed by atoms with Gasteiger partial charge < -0.3 is 26.0 Å². The molecule has 1 saturated heterocycles. The molecule has 5 N–H and O–H groups in total. The van der Waals surface area contributed by atoms with E-state index < -0.39 is 28.9 Å². The van der Waals surface area contributed by atoms with Gasteiger partial charge in [-0.15, -0.1) is 0 Å². The predicted octanol–water partition coefficient (Wildman–Crippen LogP) is -0.973. The van der Waals surface area contributed by atoms with E-state index in [2.05, 4.69) is 20.3 Å². The summed E-state index contributed by atoms with van der Waals surface area (Å²) < 4.78 is 7.57. The van der Waals surface area contributed by atoms with Crippen molar-refractivity contribution >= 4 is 17.0 Å². The molecule has 0 radical (unpaired) electrons. The lowest BCUT2D eigenvalue weighted by Gasteiger charge is -2.27. The summed E-state index contributed by atoms with van der Waals surface area (Å²) in [5, 5.41) is 25.2. The van der Waals surface area contributed by atoms with Crippen LogP contribution in [-0.2, 0) is 4.74 Å². The van der Waals surface area contributed by atoms with Crippen molar-refractivity contribution in [3.63, 3.8) is 0 Å². The molecule has 0 aromatic carbocycles. The lowest BCUT2D eigenvalue weighted by Crippen LogP contribution is -2.40. The zero-order valence-electron chi connectivity index (χ0n) is 13.2. The van der Waals surface area contributed by atoms with Gasteiger partial charge >= 0.3 is 0 Å². The summed E-state index contributed by atoms with van der Waals surface area (Å²) in [6.07, 6.45) is 1.49. The molecule has 0 unspecified atom stereocenters. The zero-order chi connectivity index (χ0) is 16.6. The third kappa shape index (κ3) is 1.40. The summed E-state index contributed by atoms with van der Waals surface area (Å²) in [6, 6.07) is 0. The van der Waals surface area contributed by atoms with Gasteiger partial charge in [0, 0.05) is 12.0 Å². The average molecular weight is 320 g/mol. The van der Waals surface area contributed by atoms with E-state index in [1.165, 1.54) is 12.7 Å². The normalized spacial score (nSPS) is 38.0. The Balaban J connectivity index is 1.85. The number of aromatic nitrogens is 4. The number of fused-ring (bicyclic) bond motifs is 2. The van der Waals surface area contributed by atoms with Gasteiger partial charge in [0.15, 0.2) is 17.7 Å². The van der Waals surface area contributed by atoms with Crippen molar-refractivity contribution in [2.75, 3.05) is 19.3 Å². The van der Waals surface area contributed by atoms with Crippen molar-refractivity contribution in [1.29, 1.82) is 0 Å². The number of anilines is 1. The molecule has 2 aromatic rings. The van der Waals surface area contributed by atoms with Gasteiger partial charge in [-0.1, -0.05) is 13.8 Å². The van der Waals surface area contributed by atoms with Crippen molar-refractivity contribution in [2.45, 2.75) is 37.4 Å². The van der Waals surface area contributed by atoms with Crippen LogP contribution in [0.15, 0.2) is 12.7 Å². The van der Waals surface area contributed by atoms with Gasteiger partial charge in [0.2, 0.25) is 0 Å². The van der Waals surface area contributed by atoms with Gasteiger partial charge in [0.05, 0.1) is 6.33 Å². The lowest BCUT2D eigenvalue weighted by molar-refractivity contribution is -0.109. The number of nitrogens with zero attached hydrogens (tertiary/aromatic N) is 4. The number of hydrogen-bond donors (Lipinski definition) is 4. The summed E-state index contributed by atoms with van der Waals surface area (Å²) in [4.78, 5) is 12.3. The molecule has 2 fully saturated rings. The SMILES string of the molecule is CNC[C@H]1O[C@@H](n2cnc3c(N)ncnc32)[C@@]2(O)C(C)(C)[C@@]12O. The maximum absolute atomic E-state index is 11.2. The Morgan fingerprint density at radius 3 is 2.74 bits per heavy atom. The van der Waals surface area contributed by atoms with Crippen LogP contribution in [-0.4, -0.2) is 60.6 Å². The summed E-state index contributed by atoms with van der Waals surface area (Å²) in [6.45, 7) is 4.07. The van der Waals surface area contributed by atoms with E-state index >= 15 is 0 Å². The molecule has 9 heteroatoms. The number of nitrogens with one attached hydrogen (secondary N) is 1. The highest BCUT2D eigenvalue weighted by atomic mass is 16.6. The Morgan fingerprint density at radius 1 is 1.30 bits per heavy atom. The molecule has 2 aromatic heterocycles. The van der Waals surface area contributed by atoms with Crippen molar-refractivity contribution in [3.05, 3.63) is 12.7 Å². The number of imidazole rings is 1. The Morgan fingerprint density at radius 2 is 2.04 bits per heavy atom. The van der Waals surface area contributed by atoms with E-state index in [1.54, 1.807) is 11.6 Å². The summed E-state index contributed by atoms with van der Waals surface area (Å²) in [5.41, 5.74) is 3.22. The first-order chi connectivity index (χ1) is 10.8. The molecule has 2 aliphatic rings. The summed E-state index contributed by atoms with van der Waals surface area (Å²) in [7, 11) is 1.77. The number of rotatable bonds is 3. The zero-order valence-corrected chi connectivity index (χ0v) is 13.2. The van der Waals surface area contributed by atoms with Gasteiger partial charge in [0.1, 0.15) is 29.2 Å². The number of hydrogen-bond acceptors (Lipinski definition) is 8. The van der Waals surface area contributed by atoms with Crippen LogP contribution in [0.3, 0.4) is 0 Å². The fourth-order valence-corrected chi connectivity index (χ4v) is 4.08. The first kappa shape index (κ1) is 14.8. The first-order valence-corrected chi connectivity index (χ1v) is 7.48. The second-order valence-electron chi connectivity index (χ2n) is 6.78. The first-order valence-electron chi connectivity index (χ1n) is 7.48. The van der Waals surface area contributed by atoms with E-state index in [4.69, 9.17) is 10.5 Å². The Hall–Kier alpha value is -1.81. The highest BCUT2D eigenvalue weighted by Crippen LogP contribution is 2.75. The molecule has 0 bridgehead atoms. The number of nitrogens with two attached hydrogens (primary N) is 1. The van der Waals surface area contributed by atoms with E-state index in [0.717, 1.165) is 0 Å². The predicted molar refractivity (Wildman–Crippen MR) is 81.3 cm³/mol. The van der Waals surface area contributed by atoms with Crippen LogP contribution in [0.1, 0.15) is 20.1 Å². The Kier molecular flexibility index (Phi) is 2.68. The molecular weight excluding hydrogens is 300 g/mol. The molecule has 124 valence electrons. The van der Waals surface area contributed by atoms with Gasteiger partial charge in [-0.05, 0) is 7.05 Å². The fourth-order valence-electron chi connectivity index (χ4n) is 4.08. The minimum atomic E-state index is -1.44. The molecule has 4 rings (SSSR count). The Labute approximate surface area is 132 Å². The highest BCUT2D eigenvalue weighted by Gasteiger charge is 2.92. The molecule has 1 saturated carbocycles. The number of aliphatic hydroxyl groups is 2. The smallest absolute Gasteiger partial charge is 0.169 e. The number of ether oxygens (including phenoxy) is 1. The van der Waals surface area contributed by atoms with Crippen LogP contribution in [0.4, 0.5) is 5.82 Å². The van der Waals surface area contributed by atoms with Gasteiger partial charge in [0.25, 0.3) is 0 Å². The average Bonchev–Trinajstić information content (AvgIpc) is 2.87. The molecule has 3 heterocycles. The maximum Gasteiger partial charge on any atom is 0.169 e. The number of nitrogen functional groups attached to an aromatic ring is 1. The third-order valence-electron chi connectivity index (χ3n) is 5.57. The topological polar surface area (TPSA) is 131 Å². The van der Waals surface area contributed by atoms with Crippen molar-refractivity contribution in [1.82, 2.24) is 24.8 Å². The van der Waals surface area contributed by atoms with E-state index in [0.29, 0.717) is 17.7 Å². The standard InChI is InChI=1S/C14H20N6O3/c1-12(2)13(21)7(4-16-3)23-11(14(12,13)22)20-6-19-8-9(15)17-5-18-10(8)20/h5-7,11,16,21-22H,4H2,1-3H3,(H2,15,17,18)/t7-,11-,13+,14-/m1/s1. The van der Waals surface area contributed by atoms with Crippen LogP contribution in [0.2, 0.25) is 0 Å². The molecule has 1 aliphatic carbocycles. The monoisotopic (exact) mass is 320 g/mol. The molecular formula is C14H20N6O3.